The van der Waals surface area contributed by atoms with Gasteiger partial charge < -0.3 is 9.80 Å². The van der Waals surface area contributed by atoms with Crippen LogP contribution >= 0.6 is 23.2 Å². The van der Waals surface area contributed by atoms with E-state index in [1.165, 1.54) is 23.1 Å². The van der Waals surface area contributed by atoms with Crippen LogP contribution in [0.4, 0.5) is 0 Å². The highest BCUT2D eigenvalue weighted by Gasteiger charge is 2.26. The summed E-state index contributed by atoms with van der Waals surface area (Å²) in [5.41, 5.74) is 0. The standard InChI is InChI=1S/C14H17Cl2N3O4S/c1-18-6-3-7-19(9-13(18)21)12(20)8-17-24(22,23)14-10(15)4-2-5-11(14)16/h2,4-5,17H,3,6-9H2,1H3. The van der Waals surface area contributed by atoms with Crippen molar-refractivity contribution in [3.8, 4) is 0 Å². The minimum absolute atomic E-state index is 0.0333. The molecule has 1 aliphatic rings. The SMILES string of the molecule is CN1CCCN(C(=O)CNS(=O)(=O)c2c(Cl)cccc2Cl)CC1=O. The van der Waals surface area contributed by atoms with E-state index in [9.17, 15) is 18.0 Å². The molecule has 2 amide bonds. The second kappa shape index (κ2) is 7.69. The number of hydrogen-bond acceptors (Lipinski definition) is 4. The predicted octanol–water partition coefficient (Wildman–Crippen LogP) is 0.962. The third-order valence-electron chi connectivity index (χ3n) is 3.63. The molecular formula is C14H17Cl2N3O4S. The van der Waals surface area contributed by atoms with E-state index in [2.05, 4.69) is 4.72 Å². The molecule has 0 saturated carbocycles. The summed E-state index contributed by atoms with van der Waals surface area (Å²) in [5, 5.41) is -0.0666. The van der Waals surface area contributed by atoms with E-state index >= 15 is 0 Å². The zero-order chi connectivity index (χ0) is 17.9. The van der Waals surface area contributed by atoms with Crippen LogP contribution in [0.3, 0.4) is 0 Å². The van der Waals surface area contributed by atoms with Crippen LogP contribution in [0.25, 0.3) is 0 Å². The van der Waals surface area contributed by atoms with E-state index in [0.29, 0.717) is 19.5 Å². The molecule has 0 bridgehead atoms. The molecule has 132 valence electrons. The summed E-state index contributed by atoms with van der Waals surface area (Å²) < 4.78 is 26.8. The van der Waals surface area contributed by atoms with Crippen LogP contribution in [0.15, 0.2) is 23.1 Å². The maximum absolute atomic E-state index is 12.3. The van der Waals surface area contributed by atoms with Gasteiger partial charge in [0.2, 0.25) is 21.8 Å². The van der Waals surface area contributed by atoms with Crippen LogP contribution in [-0.2, 0) is 19.6 Å². The van der Waals surface area contributed by atoms with Gasteiger partial charge in [0.25, 0.3) is 0 Å². The van der Waals surface area contributed by atoms with Gasteiger partial charge in [-0.25, -0.2) is 13.1 Å². The Morgan fingerprint density at radius 3 is 2.50 bits per heavy atom. The lowest BCUT2D eigenvalue weighted by Gasteiger charge is -2.20. The van der Waals surface area contributed by atoms with Gasteiger partial charge in [0.15, 0.2) is 0 Å². The van der Waals surface area contributed by atoms with Crippen LogP contribution in [-0.4, -0.2) is 63.3 Å². The van der Waals surface area contributed by atoms with Crippen molar-refractivity contribution in [2.75, 3.05) is 33.2 Å². The van der Waals surface area contributed by atoms with Crippen molar-refractivity contribution in [1.29, 1.82) is 0 Å². The Kier molecular flexibility index (Phi) is 6.08. The molecular weight excluding hydrogens is 377 g/mol. The molecule has 10 heteroatoms. The van der Waals surface area contributed by atoms with Gasteiger partial charge in [-0.15, -0.1) is 0 Å². The highest BCUT2D eigenvalue weighted by Crippen LogP contribution is 2.28. The molecule has 1 aromatic carbocycles. The fourth-order valence-corrected chi connectivity index (χ4v) is 4.39. The number of nitrogens with zero attached hydrogens (tertiary/aromatic N) is 2. The fraction of sp³-hybridized carbons (Fsp3) is 0.429. The monoisotopic (exact) mass is 393 g/mol. The molecule has 0 atom stereocenters. The van der Waals surface area contributed by atoms with Crippen LogP contribution in [0.5, 0.6) is 0 Å². The van der Waals surface area contributed by atoms with E-state index in [1.807, 2.05) is 0 Å². The largest absolute Gasteiger partial charge is 0.344 e. The van der Waals surface area contributed by atoms with Crippen LogP contribution in [0.1, 0.15) is 6.42 Å². The van der Waals surface area contributed by atoms with E-state index < -0.39 is 22.5 Å². The molecule has 0 aliphatic carbocycles. The van der Waals surface area contributed by atoms with Crippen molar-refractivity contribution >= 4 is 45.0 Å². The van der Waals surface area contributed by atoms with E-state index in [1.54, 1.807) is 11.9 Å². The Labute approximate surface area is 150 Å². The fourth-order valence-electron chi connectivity index (χ4n) is 2.28. The normalized spacial score (nSPS) is 16.2. The van der Waals surface area contributed by atoms with E-state index in [-0.39, 0.29) is 27.4 Å². The summed E-state index contributed by atoms with van der Waals surface area (Å²) in [6, 6.07) is 4.31. The molecule has 24 heavy (non-hydrogen) atoms. The average molecular weight is 394 g/mol. The molecule has 7 nitrogen and oxygen atoms in total. The highest BCUT2D eigenvalue weighted by molar-refractivity contribution is 7.89. The molecule has 0 aromatic heterocycles. The molecule has 1 fully saturated rings. The Morgan fingerprint density at radius 1 is 1.25 bits per heavy atom. The number of nitrogens with one attached hydrogen (secondary N) is 1. The lowest BCUT2D eigenvalue weighted by Crippen LogP contribution is -2.43. The van der Waals surface area contributed by atoms with Crippen molar-refractivity contribution in [2.45, 2.75) is 11.3 Å². The molecule has 1 heterocycles. The first-order valence-corrected chi connectivity index (χ1v) is 9.41. The Hall–Kier alpha value is -1.35. The number of amides is 2. The van der Waals surface area contributed by atoms with Crippen molar-refractivity contribution in [3.05, 3.63) is 28.2 Å². The summed E-state index contributed by atoms with van der Waals surface area (Å²) in [6.45, 7) is 0.415. The number of sulfonamides is 1. The maximum Gasteiger partial charge on any atom is 0.244 e. The second-order valence-electron chi connectivity index (χ2n) is 5.36. The lowest BCUT2D eigenvalue weighted by molar-refractivity contribution is -0.137. The molecule has 2 rings (SSSR count). The molecule has 1 N–H and O–H groups in total. The topological polar surface area (TPSA) is 86.8 Å². The van der Waals surface area contributed by atoms with Gasteiger partial charge >= 0.3 is 0 Å². The van der Waals surface area contributed by atoms with E-state index in [4.69, 9.17) is 23.2 Å². The zero-order valence-corrected chi connectivity index (χ0v) is 15.3. The van der Waals surface area contributed by atoms with Gasteiger partial charge in [-0.3, -0.25) is 9.59 Å². The summed E-state index contributed by atoms with van der Waals surface area (Å²) in [4.78, 5) is 26.6. The smallest absolute Gasteiger partial charge is 0.244 e. The Morgan fingerprint density at radius 2 is 1.88 bits per heavy atom. The molecule has 1 saturated heterocycles. The lowest BCUT2D eigenvalue weighted by atomic mass is 10.4. The first-order valence-electron chi connectivity index (χ1n) is 7.18. The van der Waals surface area contributed by atoms with Crippen molar-refractivity contribution in [2.24, 2.45) is 0 Å². The van der Waals surface area contributed by atoms with Gasteiger partial charge in [0, 0.05) is 20.1 Å². The number of halogens is 2. The first-order chi connectivity index (χ1) is 11.2. The zero-order valence-electron chi connectivity index (χ0n) is 13.0. The summed E-state index contributed by atoms with van der Waals surface area (Å²) in [7, 11) is -2.38. The van der Waals surface area contributed by atoms with Gasteiger partial charge in [-0.2, -0.15) is 0 Å². The number of hydrogen-bond donors (Lipinski definition) is 1. The number of carbonyl (C=O) groups is 2. The van der Waals surface area contributed by atoms with Gasteiger partial charge in [-0.05, 0) is 18.6 Å². The molecule has 1 aromatic rings. The summed E-state index contributed by atoms with van der Waals surface area (Å²) >= 11 is 11.8. The van der Waals surface area contributed by atoms with Gasteiger partial charge in [0.05, 0.1) is 23.1 Å². The predicted molar refractivity (Wildman–Crippen MR) is 90.5 cm³/mol. The Bertz CT molecular complexity index is 734. The quantitative estimate of drug-likeness (QED) is 0.825. The summed E-state index contributed by atoms with van der Waals surface area (Å²) in [5.74, 6) is -0.664. The van der Waals surface area contributed by atoms with Crippen molar-refractivity contribution in [1.82, 2.24) is 14.5 Å². The van der Waals surface area contributed by atoms with E-state index in [0.717, 1.165) is 0 Å². The third kappa shape index (κ3) is 4.38. The summed E-state index contributed by atoms with van der Waals surface area (Å²) in [6.07, 6.45) is 0.636. The number of rotatable bonds is 4. The van der Waals surface area contributed by atoms with Crippen molar-refractivity contribution < 1.29 is 18.0 Å². The third-order valence-corrected chi connectivity index (χ3v) is 5.98. The maximum atomic E-state index is 12.3. The average Bonchev–Trinajstić information content (AvgIpc) is 2.66. The van der Waals surface area contributed by atoms with Crippen molar-refractivity contribution in [3.63, 3.8) is 0 Å². The highest BCUT2D eigenvalue weighted by atomic mass is 35.5. The molecule has 1 aliphatic heterocycles. The number of benzene rings is 1. The molecule has 0 spiro atoms. The number of likely N-dealkylation sites (N-methyl/N-ethyl adjacent to an activating group) is 1. The van der Waals surface area contributed by atoms with Gasteiger partial charge in [-0.1, -0.05) is 29.3 Å². The Balaban J connectivity index is 2.07. The van der Waals surface area contributed by atoms with Crippen LogP contribution in [0, 0.1) is 0 Å². The first kappa shape index (κ1) is 19.0. The number of carbonyl (C=O) groups excluding carboxylic acids is 2. The minimum Gasteiger partial charge on any atom is -0.344 e. The van der Waals surface area contributed by atoms with Crippen LogP contribution in [0.2, 0.25) is 10.0 Å². The molecule has 0 radical (unpaired) electrons. The minimum atomic E-state index is -4.05. The van der Waals surface area contributed by atoms with Crippen LogP contribution < -0.4 is 4.72 Å². The molecule has 0 unspecified atom stereocenters. The second-order valence-corrected chi connectivity index (χ2v) is 7.88. The van der Waals surface area contributed by atoms with Gasteiger partial charge in [0.1, 0.15) is 4.90 Å².